The van der Waals surface area contributed by atoms with Crippen molar-refractivity contribution in [2.75, 3.05) is 6.54 Å². The predicted molar refractivity (Wildman–Crippen MR) is 69.4 cm³/mol. The zero-order chi connectivity index (χ0) is 13.0. The molecule has 0 spiro atoms. The van der Waals surface area contributed by atoms with Gasteiger partial charge in [-0.15, -0.1) is 0 Å². The Morgan fingerprint density at radius 1 is 1.56 bits per heavy atom. The summed E-state index contributed by atoms with van der Waals surface area (Å²) in [6.45, 7) is 3.09. The molecule has 0 saturated carbocycles. The number of carboxylic acid groups (broad SMARTS) is 1. The van der Waals surface area contributed by atoms with Gasteiger partial charge in [-0.2, -0.15) is 11.3 Å². The molecule has 2 rings (SSSR count). The van der Waals surface area contributed by atoms with Crippen molar-refractivity contribution < 1.29 is 9.90 Å². The maximum absolute atomic E-state index is 10.9. The summed E-state index contributed by atoms with van der Waals surface area (Å²) in [6.07, 6.45) is 1.75. The molecule has 2 heterocycles. The number of nitrogens with zero attached hydrogens (tertiary/aromatic N) is 2. The van der Waals surface area contributed by atoms with E-state index in [4.69, 9.17) is 5.11 Å². The van der Waals surface area contributed by atoms with E-state index in [2.05, 4.69) is 9.97 Å². The lowest BCUT2D eigenvalue weighted by molar-refractivity contribution is -0.138. The molecule has 0 amide bonds. The molecule has 2 aromatic rings. The molecule has 0 atom stereocenters. The van der Waals surface area contributed by atoms with Gasteiger partial charge in [-0.05, 0) is 29.3 Å². The second kappa shape index (κ2) is 5.79. The van der Waals surface area contributed by atoms with E-state index in [1.54, 1.807) is 17.5 Å². The predicted octanol–water partition coefficient (Wildman–Crippen LogP) is 1.87. The van der Waals surface area contributed by atoms with Crippen molar-refractivity contribution in [3.05, 3.63) is 40.1 Å². The zero-order valence-electron chi connectivity index (χ0n) is 10.1. The molecule has 0 radical (unpaired) electrons. The van der Waals surface area contributed by atoms with Crippen LogP contribution in [-0.2, 0) is 17.9 Å². The van der Waals surface area contributed by atoms with Crippen molar-refractivity contribution in [2.45, 2.75) is 20.0 Å². The summed E-state index contributed by atoms with van der Waals surface area (Å²) in [7, 11) is 0. The maximum atomic E-state index is 10.9. The van der Waals surface area contributed by atoms with Crippen molar-refractivity contribution in [1.82, 2.24) is 14.9 Å². The minimum atomic E-state index is -0.818. The smallest absolute Gasteiger partial charge is 0.317 e. The molecule has 5 nitrogen and oxygen atoms in total. The fourth-order valence-electron chi connectivity index (χ4n) is 1.79. The Balaban J connectivity index is 2.02. The van der Waals surface area contributed by atoms with Crippen LogP contribution in [0.5, 0.6) is 0 Å². The molecule has 0 bridgehead atoms. The molecule has 0 saturated heterocycles. The highest BCUT2D eigenvalue weighted by molar-refractivity contribution is 7.07. The van der Waals surface area contributed by atoms with Crippen LogP contribution in [0, 0.1) is 6.92 Å². The van der Waals surface area contributed by atoms with E-state index >= 15 is 0 Å². The summed E-state index contributed by atoms with van der Waals surface area (Å²) in [5.74, 6) is 0.0253. The summed E-state index contributed by atoms with van der Waals surface area (Å²) in [5, 5.41) is 13.0. The first-order valence-corrected chi connectivity index (χ1v) is 6.53. The molecular formula is C12H15N3O2S. The number of hydrogen-bond donors (Lipinski definition) is 2. The number of thiophene rings is 1. The van der Waals surface area contributed by atoms with Crippen LogP contribution in [0.3, 0.4) is 0 Å². The minimum Gasteiger partial charge on any atom is -0.480 e. The average Bonchev–Trinajstić information content (AvgIpc) is 2.89. The minimum absolute atomic E-state index is 0.0217. The van der Waals surface area contributed by atoms with Gasteiger partial charge in [0.15, 0.2) is 0 Å². The summed E-state index contributed by atoms with van der Waals surface area (Å²) < 4.78 is 0. The monoisotopic (exact) mass is 265 g/mol. The Morgan fingerprint density at radius 2 is 2.39 bits per heavy atom. The fraction of sp³-hybridized carbons (Fsp3) is 0.333. The van der Waals surface area contributed by atoms with Crippen LogP contribution in [0.4, 0.5) is 0 Å². The molecule has 0 aliphatic heterocycles. The third kappa shape index (κ3) is 3.68. The molecular weight excluding hydrogens is 250 g/mol. The Kier molecular flexibility index (Phi) is 4.11. The topological polar surface area (TPSA) is 69.2 Å². The Morgan fingerprint density at radius 3 is 2.94 bits per heavy atom. The molecule has 6 heteroatoms. The summed E-state index contributed by atoms with van der Waals surface area (Å²) in [6, 6.07) is 2.01. The SMILES string of the molecule is Cc1ncc(CN(CC(=O)O)Cc2ccsc2)[nH]1. The first kappa shape index (κ1) is 12.8. The van der Waals surface area contributed by atoms with Crippen LogP contribution in [-0.4, -0.2) is 32.5 Å². The molecule has 2 N–H and O–H groups in total. The highest BCUT2D eigenvalue weighted by Crippen LogP contribution is 2.11. The van der Waals surface area contributed by atoms with Crippen molar-refractivity contribution in [2.24, 2.45) is 0 Å². The van der Waals surface area contributed by atoms with E-state index in [9.17, 15) is 4.79 Å². The van der Waals surface area contributed by atoms with E-state index in [1.807, 2.05) is 28.7 Å². The third-order valence-corrected chi connectivity index (χ3v) is 3.23. The number of rotatable bonds is 6. The standard InChI is InChI=1S/C12H15N3O2S/c1-9-13-4-11(14-9)6-15(7-12(16)17)5-10-2-3-18-8-10/h2-4,8H,5-7H2,1H3,(H,13,14)(H,16,17). The van der Waals surface area contributed by atoms with Crippen LogP contribution in [0.15, 0.2) is 23.0 Å². The number of aryl methyl sites for hydroxylation is 1. The van der Waals surface area contributed by atoms with Crippen LogP contribution in [0.2, 0.25) is 0 Å². The fourth-order valence-corrected chi connectivity index (χ4v) is 2.45. The number of carboxylic acids is 1. The van der Waals surface area contributed by atoms with Gasteiger partial charge in [-0.3, -0.25) is 9.69 Å². The van der Waals surface area contributed by atoms with Crippen LogP contribution >= 0.6 is 11.3 Å². The van der Waals surface area contributed by atoms with E-state index in [0.717, 1.165) is 17.1 Å². The molecule has 96 valence electrons. The van der Waals surface area contributed by atoms with Gasteiger partial charge in [0.2, 0.25) is 0 Å². The first-order chi connectivity index (χ1) is 8.63. The number of nitrogens with one attached hydrogen (secondary N) is 1. The van der Waals surface area contributed by atoms with E-state index in [-0.39, 0.29) is 6.54 Å². The average molecular weight is 265 g/mol. The number of aliphatic carboxylic acids is 1. The van der Waals surface area contributed by atoms with Crippen molar-refractivity contribution in [1.29, 1.82) is 0 Å². The van der Waals surface area contributed by atoms with Crippen molar-refractivity contribution >= 4 is 17.3 Å². The molecule has 0 unspecified atom stereocenters. The van der Waals surface area contributed by atoms with Crippen LogP contribution in [0.25, 0.3) is 0 Å². The second-order valence-corrected chi connectivity index (χ2v) is 4.94. The van der Waals surface area contributed by atoms with Crippen molar-refractivity contribution in [3.8, 4) is 0 Å². The first-order valence-electron chi connectivity index (χ1n) is 5.59. The normalized spacial score (nSPS) is 11.0. The van der Waals surface area contributed by atoms with Gasteiger partial charge in [0.05, 0.1) is 6.54 Å². The second-order valence-electron chi connectivity index (χ2n) is 4.16. The molecule has 0 fully saturated rings. The lowest BCUT2D eigenvalue weighted by Gasteiger charge is -2.18. The molecule has 18 heavy (non-hydrogen) atoms. The quantitative estimate of drug-likeness (QED) is 0.836. The largest absolute Gasteiger partial charge is 0.480 e. The summed E-state index contributed by atoms with van der Waals surface area (Å²) in [4.78, 5) is 20.0. The molecule has 0 aliphatic carbocycles. The van der Waals surface area contributed by atoms with Gasteiger partial charge in [0, 0.05) is 25.0 Å². The molecule has 0 aliphatic rings. The van der Waals surface area contributed by atoms with Gasteiger partial charge < -0.3 is 10.1 Å². The van der Waals surface area contributed by atoms with Gasteiger partial charge in [0.25, 0.3) is 0 Å². The summed E-state index contributed by atoms with van der Waals surface area (Å²) >= 11 is 1.62. The van der Waals surface area contributed by atoms with Gasteiger partial charge >= 0.3 is 5.97 Å². The van der Waals surface area contributed by atoms with Gasteiger partial charge in [-0.25, -0.2) is 4.98 Å². The van der Waals surface area contributed by atoms with E-state index in [1.165, 1.54) is 0 Å². The Labute approximate surface area is 109 Å². The van der Waals surface area contributed by atoms with Gasteiger partial charge in [-0.1, -0.05) is 0 Å². The van der Waals surface area contributed by atoms with Crippen molar-refractivity contribution in [3.63, 3.8) is 0 Å². The van der Waals surface area contributed by atoms with Crippen LogP contribution in [0.1, 0.15) is 17.1 Å². The zero-order valence-corrected chi connectivity index (χ0v) is 10.9. The third-order valence-electron chi connectivity index (χ3n) is 2.49. The van der Waals surface area contributed by atoms with Gasteiger partial charge in [0.1, 0.15) is 5.82 Å². The number of H-pyrrole nitrogens is 1. The number of aromatic nitrogens is 2. The number of carbonyl (C=O) groups is 1. The van der Waals surface area contributed by atoms with E-state index < -0.39 is 5.97 Å². The number of aromatic amines is 1. The Bertz CT molecular complexity index is 507. The van der Waals surface area contributed by atoms with E-state index in [0.29, 0.717) is 13.1 Å². The highest BCUT2D eigenvalue weighted by Gasteiger charge is 2.12. The lowest BCUT2D eigenvalue weighted by Crippen LogP contribution is -2.28. The number of imidazole rings is 1. The maximum Gasteiger partial charge on any atom is 0.317 e. The Hall–Kier alpha value is -1.66. The lowest BCUT2D eigenvalue weighted by atomic mass is 10.3. The van der Waals surface area contributed by atoms with Crippen LogP contribution < -0.4 is 0 Å². The summed E-state index contributed by atoms with van der Waals surface area (Å²) in [5.41, 5.74) is 2.07. The molecule has 2 aromatic heterocycles. The molecule has 0 aromatic carbocycles. The highest BCUT2D eigenvalue weighted by atomic mass is 32.1. The number of hydrogen-bond acceptors (Lipinski definition) is 4.